The van der Waals surface area contributed by atoms with Crippen LogP contribution in [-0.2, 0) is 23.1 Å². The summed E-state index contributed by atoms with van der Waals surface area (Å²) in [6.07, 6.45) is 3.85. The summed E-state index contributed by atoms with van der Waals surface area (Å²) < 4.78 is 28.7. The second-order valence-electron chi connectivity index (χ2n) is 9.41. The number of nitrogens with one attached hydrogen (secondary N) is 2. The van der Waals surface area contributed by atoms with Gasteiger partial charge in [-0.05, 0) is 80.7 Å². The van der Waals surface area contributed by atoms with Crippen LogP contribution < -0.4 is 10.0 Å². The lowest BCUT2D eigenvalue weighted by molar-refractivity contribution is 0.0950. The highest BCUT2D eigenvalue weighted by Crippen LogP contribution is 2.27. The molecule has 2 N–H and O–H groups in total. The number of nitrogens with zero attached hydrogens (tertiary/aromatic N) is 1. The first-order valence-electron chi connectivity index (χ1n) is 12.2. The number of hydrogen-bond acceptors (Lipinski definition) is 4. The van der Waals surface area contributed by atoms with Crippen LogP contribution in [0.2, 0.25) is 5.02 Å². The SMILES string of the molecule is Cc1ccc(NS(=O)(=O)c2cc(C(=O)NCc3ccc(CN4CCCCC4)cc3)ccc2Cl)c(C)c1. The van der Waals surface area contributed by atoms with Gasteiger partial charge in [0.2, 0.25) is 0 Å². The Balaban J connectivity index is 1.40. The molecule has 4 rings (SSSR count). The van der Waals surface area contributed by atoms with Gasteiger partial charge in [-0.15, -0.1) is 0 Å². The molecule has 1 amide bonds. The number of anilines is 1. The molecule has 6 nitrogen and oxygen atoms in total. The zero-order chi connectivity index (χ0) is 25.7. The van der Waals surface area contributed by atoms with Gasteiger partial charge in [0.05, 0.1) is 10.7 Å². The monoisotopic (exact) mass is 525 g/mol. The number of halogens is 1. The molecule has 0 aliphatic carbocycles. The number of carbonyl (C=O) groups is 1. The molecule has 0 unspecified atom stereocenters. The number of carbonyl (C=O) groups excluding carboxylic acids is 1. The van der Waals surface area contributed by atoms with Crippen molar-refractivity contribution in [3.05, 3.63) is 93.5 Å². The fourth-order valence-electron chi connectivity index (χ4n) is 4.40. The minimum Gasteiger partial charge on any atom is -0.348 e. The fourth-order valence-corrected chi connectivity index (χ4v) is 6.06. The molecule has 8 heteroatoms. The molecule has 1 aliphatic heterocycles. The quantitative estimate of drug-likeness (QED) is 0.397. The zero-order valence-electron chi connectivity index (χ0n) is 20.7. The molecule has 190 valence electrons. The third-order valence-electron chi connectivity index (χ3n) is 6.44. The number of benzene rings is 3. The molecular weight excluding hydrogens is 494 g/mol. The highest BCUT2D eigenvalue weighted by Gasteiger charge is 2.21. The van der Waals surface area contributed by atoms with Crippen LogP contribution in [0.25, 0.3) is 0 Å². The molecule has 0 aromatic heterocycles. The number of rotatable bonds is 8. The molecule has 1 aliphatic rings. The molecule has 1 heterocycles. The Morgan fingerprint density at radius 1 is 0.917 bits per heavy atom. The lowest BCUT2D eigenvalue weighted by Gasteiger charge is -2.26. The van der Waals surface area contributed by atoms with Crippen LogP contribution in [0.3, 0.4) is 0 Å². The molecule has 3 aromatic rings. The summed E-state index contributed by atoms with van der Waals surface area (Å²) >= 11 is 6.22. The highest BCUT2D eigenvalue weighted by molar-refractivity contribution is 7.92. The third-order valence-corrected chi connectivity index (χ3v) is 8.29. The van der Waals surface area contributed by atoms with E-state index in [1.54, 1.807) is 6.07 Å². The van der Waals surface area contributed by atoms with Crippen LogP contribution in [0.15, 0.2) is 65.6 Å². The first-order chi connectivity index (χ1) is 17.2. The molecule has 0 radical (unpaired) electrons. The van der Waals surface area contributed by atoms with Gasteiger partial charge < -0.3 is 5.32 Å². The number of likely N-dealkylation sites (tertiary alicyclic amines) is 1. The molecule has 0 saturated carbocycles. The average molecular weight is 526 g/mol. The first-order valence-corrected chi connectivity index (χ1v) is 14.1. The number of hydrogen-bond donors (Lipinski definition) is 2. The molecule has 1 fully saturated rings. The largest absolute Gasteiger partial charge is 0.348 e. The van der Waals surface area contributed by atoms with Gasteiger partial charge in [-0.1, -0.05) is 60.0 Å². The smallest absolute Gasteiger partial charge is 0.263 e. The summed E-state index contributed by atoms with van der Waals surface area (Å²) in [5, 5.41) is 2.92. The molecule has 36 heavy (non-hydrogen) atoms. The van der Waals surface area contributed by atoms with Crippen LogP contribution >= 0.6 is 11.6 Å². The van der Waals surface area contributed by atoms with Crippen LogP contribution in [0, 0.1) is 13.8 Å². The van der Waals surface area contributed by atoms with Gasteiger partial charge in [0.15, 0.2) is 0 Å². The van der Waals surface area contributed by atoms with Gasteiger partial charge in [-0.25, -0.2) is 8.42 Å². The Kier molecular flexibility index (Phi) is 8.34. The molecule has 0 bridgehead atoms. The van der Waals surface area contributed by atoms with E-state index in [1.165, 1.54) is 43.0 Å². The number of aryl methyl sites for hydroxylation is 2. The third kappa shape index (κ3) is 6.66. The van der Waals surface area contributed by atoms with E-state index in [0.29, 0.717) is 12.2 Å². The van der Waals surface area contributed by atoms with E-state index in [0.717, 1.165) is 36.3 Å². The first kappa shape index (κ1) is 26.2. The Morgan fingerprint density at radius 3 is 2.31 bits per heavy atom. The summed E-state index contributed by atoms with van der Waals surface area (Å²) in [7, 11) is -3.99. The van der Waals surface area contributed by atoms with Gasteiger partial charge in [-0.2, -0.15) is 0 Å². The van der Waals surface area contributed by atoms with E-state index in [2.05, 4.69) is 27.1 Å². The lowest BCUT2D eigenvalue weighted by atomic mass is 10.1. The van der Waals surface area contributed by atoms with Crippen LogP contribution in [-0.4, -0.2) is 32.3 Å². The van der Waals surface area contributed by atoms with Crippen molar-refractivity contribution in [2.24, 2.45) is 0 Å². The van der Waals surface area contributed by atoms with Crippen molar-refractivity contribution >= 4 is 33.2 Å². The molecular formula is C28H32ClN3O3S. The van der Waals surface area contributed by atoms with Crippen molar-refractivity contribution in [2.45, 2.75) is 51.1 Å². The normalized spacial score (nSPS) is 14.4. The summed E-state index contributed by atoms with van der Waals surface area (Å²) in [5.74, 6) is -0.368. The summed E-state index contributed by atoms with van der Waals surface area (Å²) in [4.78, 5) is 15.1. The van der Waals surface area contributed by atoms with Gasteiger partial charge in [-0.3, -0.25) is 14.4 Å². The maximum atomic E-state index is 13.1. The zero-order valence-corrected chi connectivity index (χ0v) is 22.3. The van der Waals surface area contributed by atoms with Gasteiger partial charge in [0.1, 0.15) is 4.90 Å². The predicted molar refractivity (Wildman–Crippen MR) is 145 cm³/mol. The van der Waals surface area contributed by atoms with E-state index >= 15 is 0 Å². The lowest BCUT2D eigenvalue weighted by Crippen LogP contribution is -2.29. The minimum atomic E-state index is -3.99. The highest BCUT2D eigenvalue weighted by atomic mass is 35.5. The van der Waals surface area contributed by atoms with Gasteiger partial charge in [0, 0.05) is 18.7 Å². The van der Waals surface area contributed by atoms with E-state index in [9.17, 15) is 13.2 Å². The summed E-state index contributed by atoms with van der Waals surface area (Å²) in [6, 6.07) is 17.9. The number of amides is 1. The second-order valence-corrected chi connectivity index (χ2v) is 11.5. The summed E-state index contributed by atoms with van der Waals surface area (Å²) in [6.45, 7) is 7.36. The Labute approximate surface area is 218 Å². The predicted octanol–water partition coefficient (Wildman–Crippen LogP) is 5.67. The minimum absolute atomic E-state index is 0.0492. The van der Waals surface area contributed by atoms with Gasteiger partial charge in [0.25, 0.3) is 15.9 Å². The maximum absolute atomic E-state index is 13.1. The molecule has 1 saturated heterocycles. The standard InChI is InChI=1S/C28H32ClN3O3S/c1-20-6-13-26(21(2)16-20)31-36(34,35)27-17-24(11-12-25(27)29)28(33)30-18-22-7-9-23(10-8-22)19-32-14-4-3-5-15-32/h6-13,16-17,31H,3-5,14-15,18-19H2,1-2H3,(H,30,33). The average Bonchev–Trinajstić information content (AvgIpc) is 2.86. The van der Waals surface area contributed by atoms with Crippen molar-refractivity contribution in [1.82, 2.24) is 10.2 Å². The van der Waals surface area contributed by atoms with Crippen molar-refractivity contribution < 1.29 is 13.2 Å². The topological polar surface area (TPSA) is 78.5 Å². The van der Waals surface area contributed by atoms with Crippen molar-refractivity contribution in [1.29, 1.82) is 0 Å². The van der Waals surface area contributed by atoms with Gasteiger partial charge >= 0.3 is 0 Å². The van der Waals surface area contributed by atoms with E-state index in [-0.39, 0.29) is 21.4 Å². The van der Waals surface area contributed by atoms with Crippen LogP contribution in [0.5, 0.6) is 0 Å². The summed E-state index contributed by atoms with van der Waals surface area (Å²) in [5.41, 5.74) is 4.76. The van der Waals surface area contributed by atoms with E-state index in [1.807, 2.05) is 38.1 Å². The molecule has 0 spiro atoms. The number of piperidine rings is 1. The number of sulfonamides is 1. The molecule has 0 atom stereocenters. The second kappa shape index (κ2) is 11.5. The van der Waals surface area contributed by atoms with Crippen molar-refractivity contribution in [2.75, 3.05) is 17.8 Å². The van der Waals surface area contributed by atoms with Crippen LogP contribution in [0.4, 0.5) is 5.69 Å². The Hall–Kier alpha value is -2.87. The van der Waals surface area contributed by atoms with E-state index < -0.39 is 10.0 Å². The Morgan fingerprint density at radius 2 is 1.61 bits per heavy atom. The maximum Gasteiger partial charge on any atom is 0.263 e. The Bertz CT molecular complexity index is 1330. The fraction of sp³-hybridized carbons (Fsp3) is 0.321. The van der Waals surface area contributed by atoms with Crippen molar-refractivity contribution in [3.8, 4) is 0 Å². The van der Waals surface area contributed by atoms with Crippen molar-refractivity contribution in [3.63, 3.8) is 0 Å². The van der Waals surface area contributed by atoms with Crippen LogP contribution in [0.1, 0.15) is 51.9 Å². The molecule has 3 aromatic carbocycles. The van der Waals surface area contributed by atoms with E-state index in [4.69, 9.17) is 11.6 Å².